The minimum atomic E-state index is -0.410. The number of nitrogens with zero attached hydrogens (tertiary/aromatic N) is 1. The molecular weight excluding hydrogens is 412 g/mol. The van der Waals surface area contributed by atoms with Crippen molar-refractivity contribution in [3.8, 4) is 0 Å². The first-order valence-corrected chi connectivity index (χ1v) is 9.70. The number of fused-ring (bicyclic) bond motifs is 1. The topological polar surface area (TPSA) is 75.7 Å². The highest BCUT2D eigenvalue weighted by molar-refractivity contribution is 9.10. The Morgan fingerprint density at radius 3 is 2.78 bits per heavy atom. The van der Waals surface area contributed by atoms with Crippen molar-refractivity contribution in [2.45, 2.75) is 18.9 Å². The number of rotatable bonds is 5. The van der Waals surface area contributed by atoms with Gasteiger partial charge in [-0.15, -0.1) is 0 Å². The molecule has 1 saturated heterocycles. The molecule has 3 aromatic rings. The Balaban J connectivity index is 1.53. The average Bonchev–Trinajstić information content (AvgIpc) is 3.36. The molecule has 0 saturated carbocycles. The second-order valence-electron chi connectivity index (χ2n) is 6.60. The average molecular weight is 431 g/mol. The molecule has 0 unspecified atom stereocenters. The lowest BCUT2D eigenvalue weighted by Crippen LogP contribution is -2.36. The molecular formula is C20H19BrN2O4. The molecule has 27 heavy (non-hydrogen) atoms. The Bertz CT molecular complexity index is 1010. The lowest BCUT2D eigenvalue weighted by molar-refractivity contribution is 0.0906. The van der Waals surface area contributed by atoms with Gasteiger partial charge >= 0.3 is 0 Å². The molecule has 1 amide bonds. The zero-order valence-electron chi connectivity index (χ0n) is 14.6. The molecule has 4 rings (SSSR count). The summed E-state index contributed by atoms with van der Waals surface area (Å²) >= 11 is 3.33. The molecule has 1 N–H and O–H groups in total. The number of amides is 1. The molecule has 2 aromatic heterocycles. The molecule has 0 aliphatic carbocycles. The van der Waals surface area contributed by atoms with E-state index in [0.29, 0.717) is 17.5 Å². The van der Waals surface area contributed by atoms with Crippen LogP contribution in [0.1, 0.15) is 35.2 Å². The van der Waals surface area contributed by atoms with Gasteiger partial charge in [0.15, 0.2) is 11.2 Å². The molecule has 0 spiro atoms. The second-order valence-corrected chi connectivity index (χ2v) is 7.52. The fraction of sp³-hybridized carbons (Fsp3) is 0.300. The van der Waals surface area contributed by atoms with E-state index in [-0.39, 0.29) is 17.2 Å². The molecule has 1 aromatic carbocycles. The SMILES string of the molecule is O=C(NC[C@@H](c1ccco1)N1CCCC1)c1cc(=O)c2cc(Br)ccc2o1. The molecule has 3 heterocycles. The van der Waals surface area contributed by atoms with Crippen LogP contribution in [0, 0.1) is 0 Å². The van der Waals surface area contributed by atoms with E-state index in [2.05, 4.69) is 26.1 Å². The highest BCUT2D eigenvalue weighted by atomic mass is 79.9. The third kappa shape index (κ3) is 3.84. The first kappa shape index (κ1) is 18.0. The number of carbonyl (C=O) groups excluding carboxylic acids is 1. The van der Waals surface area contributed by atoms with E-state index in [1.54, 1.807) is 24.5 Å². The third-order valence-corrected chi connectivity index (χ3v) is 5.32. The Morgan fingerprint density at radius 1 is 1.22 bits per heavy atom. The summed E-state index contributed by atoms with van der Waals surface area (Å²) in [6.07, 6.45) is 3.92. The van der Waals surface area contributed by atoms with Gasteiger partial charge in [0.05, 0.1) is 17.7 Å². The van der Waals surface area contributed by atoms with Crippen LogP contribution in [-0.4, -0.2) is 30.4 Å². The summed E-state index contributed by atoms with van der Waals surface area (Å²) in [5.41, 5.74) is 0.141. The van der Waals surface area contributed by atoms with Crippen LogP contribution in [0.2, 0.25) is 0 Å². The molecule has 7 heteroatoms. The van der Waals surface area contributed by atoms with Crippen LogP contribution in [0.5, 0.6) is 0 Å². The molecule has 1 atom stereocenters. The van der Waals surface area contributed by atoms with Gasteiger partial charge in [-0.2, -0.15) is 0 Å². The number of furan rings is 1. The van der Waals surface area contributed by atoms with Gasteiger partial charge in [0.1, 0.15) is 11.3 Å². The maximum Gasteiger partial charge on any atom is 0.287 e. The van der Waals surface area contributed by atoms with Crippen LogP contribution >= 0.6 is 15.9 Å². The van der Waals surface area contributed by atoms with Crippen molar-refractivity contribution < 1.29 is 13.6 Å². The third-order valence-electron chi connectivity index (χ3n) is 4.82. The van der Waals surface area contributed by atoms with Crippen LogP contribution < -0.4 is 10.7 Å². The number of halogens is 1. The fourth-order valence-corrected chi connectivity index (χ4v) is 3.82. The molecule has 6 nitrogen and oxygen atoms in total. The first-order chi connectivity index (χ1) is 13.1. The highest BCUT2D eigenvalue weighted by Crippen LogP contribution is 2.25. The molecule has 1 aliphatic heterocycles. The van der Waals surface area contributed by atoms with Crippen LogP contribution in [0.25, 0.3) is 11.0 Å². The van der Waals surface area contributed by atoms with Crippen molar-refractivity contribution in [3.63, 3.8) is 0 Å². The van der Waals surface area contributed by atoms with E-state index >= 15 is 0 Å². The van der Waals surface area contributed by atoms with Gasteiger partial charge in [0.25, 0.3) is 5.91 Å². The minimum Gasteiger partial charge on any atom is -0.468 e. The normalized spacial score (nSPS) is 15.9. The number of likely N-dealkylation sites (tertiary alicyclic amines) is 1. The predicted octanol–water partition coefficient (Wildman–Crippen LogP) is 3.72. The fourth-order valence-electron chi connectivity index (χ4n) is 3.46. The van der Waals surface area contributed by atoms with E-state index in [1.165, 1.54) is 6.07 Å². The van der Waals surface area contributed by atoms with Crippen LogP contribution in [0.3, 0.4) is 0 Å². The maximum atomic E-state index is 12.6. The maximum absolute atomic E-state index is 12.6. The van der Waals surface area contributed by atoms with Gasteiger partial charge < -0.3 is 14.2 Å². The van der Waals surface area contributed by atoms with Crippen LogP contribution in [0.4, 0.5) is 0 Å². The summed E-state index contributed by atoms with van der Waals surface area (Å²) in [6, 6.07) is 10.1. The molecule has 1 aliphatic rings. The number of benzene rings is 1. The summed E-state index contributed by atoms with van der Waals surface area (Å²) in [5.74, 6) is 0.420. The van der Waals surface area contributed by atoms with Gasteiger partial charge in [0.2, 0.25) is 0 Å². The Hall–Kier alpha value is -2.38. The van der Waals surface area contributed by atoms with Crippen molar-refractivity contribution in [3.05, 3.63) is 68.9 Å². The van der Waals surface area contributed by atoms with Crippen LogP contribution in [-0.2, 0) is 0 Å². The smallest absolute Gasteiger partial charge is 0.287 e. The molecule has 0 bridgehead atoms. The summed E-state index contributed by atoms with van der Waals surface area (Å²) < 4.78 is 12.0. The van der Waals surface area contributed by atoms with Crippen molar-refractivity contribution in [2.24, 2.45) is 0 Å². The van der Waals surface area contributed by atoms with E-state index < -0.39 is 5.91 Å². The van der Waals surface area contributed by atoms with Gasteiger partial charge in [0, 0.05) is 17.1 Å². The standard InChI is InChI=1S/C20H19BrN2O4/c21-13-5-6-17-14(10-13)16(24)11-19(27-17)20(25)22-12-15(18-4-3-9-26-18)23-7-1-2-8-23/h3-6,9-11,15H,1-2,7-8,12H2,(H,22,25)/t15-/m0/s1. The number of hydrogen-bond donors (Lipinski definition) is 1. The summed E-state index contributed by atoms with van der Waals surface area (Å²) in [6.45, 7) is 2.33. The van der Waals surface area contributed by atoms with Crippen molar-refractivity contribution in [2.75, 3.05) is 19.6 Å². The lowest BCUT2D eigenvalue weighted by atomic mass is 10.2. The number of nitrogens with one attached hydrogen (secondary N) is 1. The van der Waals surface area contributed by atoms with E-state index in [4.69, 9.17) is 8.83 Å². The van der Waals surface area contributed by atoms with Crippen molar-refractivity contribution in [1.29, 1.82) is 0 Å². The largest absolute Gasteiger partial charge is 0.468 e. The minimum absolute atomic E-state index is 0.00874. The Labute approximate surface area is 164 Å². The predicted molar refractivity (Wildman–Crippen MR) is 105 cm³/mol. The number of hydrogen-bond acceptors (Lipinski definition) is 5. The highest BCUT2D eigenvalue weighted by Gasteiger charge is 2.26. The van der Waals surface area contributed by atoms with Gasteiger partial charge in [-0.05, 0) is 56.3 Å². The summed E-state index contributed by atoms with van der Waals surface area (Å²) in [7, 11) is 0. The van der Waals surface area contributed by atoms with Gasteiger partial charge in [-0.3, -0.25) is 14.5 Å². The molecule has 0 radical (unpaired) electrons. The number of carbonyl (C=O) groups is 1. The van der Waals surface area contributed by atoms with Crippen molar-refractivity contribution >= 4 is 32.8 Å². The Kier molecular flexibility index (Phi) is 5.13. The zero-order valence-corrected chi connectivity index (χ0v) is 16.2. The lowest BCUT2D eigenvalue weighted by Gasteiger charge is -2.25. The monoisotopic (exact) mass is 430 g/mol. The quantitative estimate of drug-likeness (QED) is 0.667. The Morgan fingerprint density at radius 2 is 2.04 bits per heavy atom. The molecule has 1 fully saturated rings. The van der Waals surface area contributed by atoms with E-state index in [1.807, 2.05) is 12.1 Å². The van der Waals surface area contributed by atoms with E-state index in [9.17, 15) is 9.59 Å². The molecule has 140 valence electrons. The van der Waals surface area contributed by atoms with Gasteiger partial charge in [-0.1, -0.05) is 15.9 Å². The van der Waals surface area contributed by atoms with Gasteiger partial charge in [-0.25, -0.2) is 0 Å². The summed E-state index contributed by atoms with van der Waals surface area (Å²) in [5, 5.41) is 3.32. The van der Waals surface area contributed by atoms with E-state index in [0.717, 1.165) is 36.2 Å². The van der Waals surface area contributed by atoms with Crippen LogP contribution in [0.15, 0.2) is 60.8 Å². The zero-order chi connectivity index (χ0) is 18.8. The first-order valence-electron chi connectivity index (χ1n) is 8.91. The van der Waals surface area contributed by atoms with Crippen molar-refractivity contribution in [1.82, 2.24) is 10.2 Å². The second kappa shape index (κ2) is 7.70. The summed E-state index contributed by atoms with van der Waals surface area (Å²) in [4.78, 5) is 27.2.